The van der Waals surface area contributed by atoms with Gasteiger partial charge in [0, 0.05) is 0 Å². The van der Waals surface area contributed by atoms with Crippen LogP contribution in [0.4, 0.5) is 5.69 Å². The SMILES string of the molecule is CC(=O)Nc1cc(O)ccc1[As](=O)(O)OC(=O)C(Cc1ccccc1)C(=O)O. The molecule has 0 aliphatic heterocycles. The van der Waals surface area contributed by atoms with Crippen molar-refractivity contribution in [1.29, 1.82) is 0 Å². The summed E-state index contributed by atoms with van der Waals surface area (Å²) in [6.45, 7) is 1.15. The molecule has 0 bridgehead atoms. The number of carboxylic acids is 1. The standard InChI is InChI=1S/C18H18AsNO8/c1-11(21)20-16-10-13(22)7-8-15(16)19(26,27)28-18(25)14(17(23)24)9-12-5-3-2-4-6-12/h2-8,10,14,22H,9H2,1H3,(H,20,21)(H,23,24)(H,26,27). The second-order valence-electron chi connectivity index (χ2n) is 5.89. The van der Waals surface area contributed by atoms with E-state index < -0.39 is 42.3 Å². The van der Waals surface area contributed by atoms with E-state index >= 15 is 0 Å². The predicted molar refractivity (Wildman–Crippen MR) is 98.1 cm³/mol. The van der Waals surface area contributed by atoms with Crippen LogP contribution in [0.15, 0.2) is 48.5 Å². The summed E-state index contributed by atoms with van der Waals surface area (Å²) in [5.74, 6) is -5.44. The van der Waals surface area contributed by atoms with E-state index in [1.165, 1.54) is 0 Å². The summed E-state index contributed by atoms with van der Waals surface area (Å²) in [4.78, 5) is 35.1. The van der Waals surface area contributed by atoms with Gasteiger partial charge in [-0.25, -0.2) is 0 Å². The van der Waals surface area contributed by atoms with Crippen LogP contribution in [-0.4, -0.2) is 46.3 Å². The maximum atomic E-state index is 12.7. The number of aliphatic carboxylic acids is 1. The van der Waals surface area contributed by atoms with E-state index in [1.807, 2.05) is 0 Å². The molecule has 0 heterocycles. The number of phenols is 1. The van der Waals surface area contributed by atoms with Crippen LogP contribution in [0.5, 0.6) is 5.75 Å². The Morgan fingerprint density at radius 1 is 1.14 bits per heavy atom. The summed E-state index contributed by atoms with van der Waals surface area (Å²) < 4.78 is 27.3. The van der Waals surface area contributed by atoms with Crippen LogP contribution < -0.4 is 9.67 Å². The first-order chi connectivity index (χ1) is 13.1. The molecular weight excluding hydrogens is 433 g/mol. The number of carbonyl (C=O) groups excluding carboxylic acids is 2. The predicted octanol–water partition coefficient (Wildman–Crippen LogP) is 0.406. The Kier molecular flexibility index (Phi) is 6.66. The fraction of sp³-hybridized carbons (Fsp3) is 0.167. The van der Waals surface area contributed by atoms with Gasteiger partial charge >= 0.3 is 163 Å². The molecule has 1 amide bonds. The number of aromatic hydroxyl groups is 1. The topological polar surface area (TPSA) is 150 Å². The monoisotopic (exact) mass is 451 g/mol. The molecule has 0 radical (unpaired) electrons. The van der Waals surface area contributed by atoms with Crippen LogP contribution in [0.3, 0.4) is 0 Å². The molecule has 2 aromatic carbocycles. The molecule has 2 unspecified atom stereocenters. The first-order valence-corrected chi connectivity index (χ1v) is 11.4. The number of rotatable bonds is 7. The summed E-state index contributed by atoms with van der Waals surface area (Å²) in [7, 11) is 0. The molecule has 9 nitrogen and oxygen atoms in total. The molecule has 0 aliphatic rings. The van der Waals surface area contributed by atoms with Gasteiger partial charge in [0.25, 0.3) is 0 Å². The Bertz CT molecular complexity index is 944. The summed E-state index contributed by atoms with van der Waals surface area (Å²) in [6, 6.07) is 11.4. The van der Waals surface area contributed by atoms with Crippen molar-refractivity contribution in [2.45, 2.75) is 13.3 Å². The zero-order valence-corrected chi connectivity index (χ0v) is 16.6. The molecule has 2 aromatic rings. The molecule has 4 N–H and O–H groups in total. The van der Waals surface area contributed by atoms with Crippen molar-refractivity contribution < 1.29 is 36.2 Å². The molecule has 0 spiro atoms. The van der Waals surface area contributed by atoms with Crippen LogP contribution in [0.25, 0.3) is 0 Å². The Hall–Kier alpha value is -3.03. The van der Waals surface area contributed by atoms with Gasteiger partial charge in [-0.3, -0.25) is 0 Å². The first kappa shape index (κ1) is 21.3. The average Bonchev–Trinajstić information content (AvgIpc) is 2.59. The summed E-state index contributed by atoms with van der Waals surface area (Å²) >= 11 is -5.59. The minimum atomic E-state index is -5.59. The van der Waals surface area contributed by atoms with Crippen LogP contribution in [-0.2, 0) is 28.3 Å². The molecule has 0 aliphatic carbocycles. The molecule has 2 rings (SSSR count). The van der Waals surface area contributed by atoms with Crippen molar-refractivity contribution >= 4 is 42.1 Å². The molecule has 148 valence electrons. The maximum absolute atomic E-state index is 12.7. The second kappa shape index (κ2) is 8.77. The van der Waals surface area contributed by atoms with Gasteiger partial charge in [0.1, 0.15) is 0 Å². The quantitative estimate of drug-likeness (QED) is 0.349. The van der Waals surface area contributed by atoms with Crippen LogP contribution in [0, 0.1) is 5.92 Å². The zero-order chi connectivity index (χ0) is 20.9. The van der Waals surface area contributed by atoms with Crippen molar-refractivity contribution in [3.05, 3.63) is 54.1 Å². The number of carboxylic acid groups (broad SMARTS) is 1. The fourth-order valence-corrected chi connectivity index (χ4v) is 4.84. The van der Waals surface area contributed by atoms with Crippen molar-refractivity contribution in [1.82, 2.24) is 0 Å². The summed E-state index contributed by atoms with van der Waals surface area (Å²) in [5.41, 5.74) is 0.329. The van der Waals surface area contributed by atoms with Gasteiger partial charge in [-0.05, 0) is 0 Å². The van der Waals surface area contributed by atoms with Crippen LogP contribution in [0.1, 0.15) is 12.5 Å². The third-order valence-corrected chi connectivity index (χ3v) is 6.67. The van der Waals surface area contributed by atoms with E-state index in [1.54, 1.807) is 30.3 Å². The van der Waals surface area contributed by atoms with E-state index in [0.717, 1.165) is 25.1 Å². The third-order valence-electron chi connectivity index (χ3n) is 3.67. The minimum absolute atomic E-state index is 0.208. The molecule has 28 heavy (non-hydrogen) atoms. The Labute approximate surface area is 163 Å². The van der Waals surface area contributed by atoms with Crippen molar-refractivity contribution in [2.75, 3.05) is 5.32 Å². The van der Waals surface area contributed by atoms with Gasteiger partial charge in [-0.15, -0.1) is 0 Å². The van der Waals surface area contributed by atoms with E-state index in [-0.39, 0.29) is 17.9 Å². The number of hydrogen-bond donors (Lipinski definition) is 4. The van der Waals surface area contributed by atoms with E-state index in [0.29, 0.717) is 5.56 Å². The van der Waals surface area contributed by atoms with E-state index in [4.69, 9.17) is 3.73 Å². The molecule has 2 atom stereocenters. The van der Waals surface area contributed by atoms with Crippen molar-refractivity contribution in [2.24, 2.45) is 5.92 Å². The van der Waals surface area contributed by atoms with Gasteiger partial charge in [0.05, 0.1) is 0 Å². The number of hydrogen-bond acceptors (Lipinski definition) is 6. The second-order valence-corrected chi connectivity index (χ2v) is 9.47. The number of carbonyl (C=O) groups is 3. The van der Waals surface area contributed by atoms with Gasteiger partial charge in [-0.2, -0.15) is 0 Å². The molecule has 0 fully saturated rings. The normalized spacial score (nSPS) is 13.8. The molecule has 0 aromatic heterocycles. The number of nitrogens with one attached hydrogen (secondary N) is 1. The Morgan fingerprint density at radius 2 is 1.79 bits per heavy atom. The average molecular weight is 451 g/mol. The van der Waals surface area contributed by atoms with E-state index in [9.17, 15) is 32.4 Å². The van der Waals surface area contributed by atoms with Crippen molar-refractivity contribution in [3.63, 3.8) is 0 Å². The summed E-state index contributed by atoms with van der Waals surface area (Å²) in [5, 5.41) is 21.1. The third kappa shape index (κ3) is 5.48. The number of anilines is 1. The summed E-state index contributed by atoms with van der Waals surface area (Å²) in [6.07, 6.45) is -0.223. The van der Waals surface area contributed by atoms with Crippen molar-refractivity contribution in [3.8, 4) is 5.75 Å². The number of phenolic OH excluding ortho intramolecular Hbond substituents is 1. The number of benzene rings is 2. The van der Waals surface area contributed by atoms with Gasteiger partial charge in [0.15, 0.2) is 0 Å². The van der Waals surface area contributed by atoms with E-state index in [2.05, 4.69) is 5.32 Å². The van der Waals surface area contributed by atoms with Crippen LogP contribution >= 0.6 is 0 Å². The molecule has 10 heteroatoms. The van der Waals surface area contributed by atoms with Gasteiger partial charge < -0.3 is 0 Å². The molecular formula is C18H18AsNO8. The fourth-order valence-electron chi connectivity index (χ4n) is 2.42. The molecule has 0 saturated carbocycles. The van der Waals surface area contributed by atoms with Crippen LogP contribution in [0.2, 0.25) is 0 Å². The zero-order valence-electron chi connectivity index (χ0n) is 14.7. The van der Waals surface area contributed by atoms with Gasteiger partial charge in [-0.1, -0.05) is 0 Å². The first-order valence-electron chi connectivity index (χ1n) is 8.04. The van der Waals surface area contributed by atoms with Gasteiger partial charge in [0.2, 0.25) is 0 Å². The Balaban J connectivity index is 2.29. The number of amides is 1. The molecule has 0 saturated heterocycles. The Morgan fingerprint density at radius 3 is 2.36 bits per heavy atom.